The highest BCUT2D eigenvalue weighted by molar-refractivity contribution is 5.96. The summed E-state index contributed by atoms with van der Waals surface area (Å²) < 4.78 is 13.4. The summed E-state index contributed by atoms with van der Waals surface area (Å²) in [7, 11) is 0. The predicted octanol–water partition coefficient (Wildman–Crippen LogP) is 2.49. The van der Waals surface area contributed by atoms with Gasteiger partial charge >= 0.3 is 0 Å². The van der Waals surface area contributed by atoms with Gasteiger partial charge in [-0.05, 0) is 32.0 Å². The number of halogens is 1. The van der Waals surface area contributed by atoms with E-state index in [0.717, 1.165) is 11.1 Å². The topological polar surface area (TPSA) is 58.2 Å². The molecule has 2 amide bonds. The third-order valence-electron chi connectivity index (χ3n) is 3.33. The van der Waals surface area contributed by atoms with E-state index in [9.17, 15) is 14.0 Å². The molecule has 0 aliphatic rings. The van der Waals surface area contributed by atoms with Crippen molar-refractivity contribution >= 4 is 11.8 Å². The number of carbonyl (C=O) groups excluding carboxylic acids is 2. The standard InChI is InChI=1S/C18H19FN2O2/c1-12-7-13(2)9-15(8-12)18(23)21-11-17(22)20-10-14-5-3-4-6-16(14)19/h3-9H,10-11H2,1-2H3,(H,20,22)(H,21,23). The molecule has 0 spiro atoms. The number of aryl methyl sites for hydroxylation is 2. The van der Waals surface area contributed by atoms with Crippen LogP contribution in [0.2, 0.25) is 0 Å². The number of nitrogens with one attached hydrogen (secondary N) is 2. The Bertz CT molecular complexity index is 708. The second-order valence-electron chi connectivity index (χ2n) is 5.43. The molecule has 0 saturated carbocycles. The Labute approximate surface area is 134 Å². The smallest absolute Gasteiger partial charge is 0.251 e. The Morgan fingerprint density at radius 1 is 1.00 bits per heavy atom. The van der Waals surface area contributed by atoms with Crippen molar-refractivity contribution in [3.63, 3.8) is 0 Å². The first kappa shape index (κ1) is 16.7. The minimum atomic E-state index is -0.369. The van der Waals surface area contributed by atoms with Gasteiger partial charge < -0.3 is 10.6 Å². The summed E-state index contributed by atoms with van der Waals surface area (Å²) in [4.78, 5) is 23.8. The van der Waals surface area contributed by atoms with Gasteiger partial charge in [-0.1, -0.05) is 35.4 Å². The van der Waals surface area contributed by atoms with E-state index in [4.69, 9.17) is 0 Å². The lowest BCUT2D eigenvalue weighted by Gasteiger charge is -2.08. The van der Waals surface area contributed by atoms with Crippen molar-refractivity contribution in [2.24, 2.45) is 0 Å². The normalized spacial score (nSPS) is 10.2. The molecule has 5 heteroatoms. The van der Waals surface area contributed by atoms with Gasteiger partial charge in [0.2, 0.25) is 5.91 Å². The van der Waals surface area contributed by atoms with Gasteiger partial charge in [0.25, 0.3) is 5.91 Å². The van der Waals surface area contributed by atoms with Crippen molar-refractivity contribution in [3.8, 4) is 0 Å². The summed E-state index contributed by atoms with van der Waals surface area (Å²) in [6.45, 7) is 3.75. The van der Waals surface area contributed by atoms with Gasteiger partial charge in [0.1, 0.15) is 5.82 Å². The first-order valence-corrected chi connectivity index (χ1v) is 7.32. The second kappa shape index (κ2) is 7.54. The van der Waals surface area contributed by atoms with Gasteiger partial charge in [0.15, 0.2) is 0 Å². The van der Waals surface area contributed by atoms with Crippen LogP contribution >= 0.6 is 0 Å². The second-order valence-corrected chi connectivity index (χ2v) is 5.43. The van der Waals surface area contributed by atoms with Gasteiger partial charge in [-0.15, -0.1) is 0 Å². The number of carbonyl (C=O) groups is 2. The van der Waals surface area contributed by atoms with E-state index in [0.29, 0.717) is 11.1 Å². The fraction of sp³-hybridized carbons (Fsp3) is 0.222. The number of hydrogen-bond donors (Lipinski definition) is 2. The van der Waals surface area contributed by atoms with E-state index < -0.39 is 0 Å². The SMILES string of the molecule is Cc1cc(C)cc(C(=O)NCC(=O)NCc2ccccc2F)c1. The van der Waals surface area contributed by atoms with Gasteiger partial charge in [-0.2, -0.15) is 0 Å². The van der Waals surface area contributed by atoms with Crippen molar-refractivity contribution in [3.05, 3.63) is 70.5 Å². The lowest BCUT2D eigenvalue weighted by atomic mass is 10.1. The zero-order chi connectivity index (χ0) is 16.8. The van der Waals surface area contributed by atoms with Crippen LogP contribution in [-0.2, 0) is 11.3 Å². The van der Waals surface area contributed by atoms with Gasteiger partial charge in [0.05, 0.1) is 6.54 Å². The van der Waals surface area contributed by atoms with Crippen molar-refractivity contribution in [2.75, 3.05) is 6.54 Å². The monoisotopic (exact) mass is 314 g/mol. The zero-order valence-corrected chi connectivity index (χ0v) is 13.2. The Kier molecular flexibility index (Phi) is 5.46. The van der Waals surface area contributed by atoms with Crippen LogP contribution < -0.4 is 10.6 Å². The summed E-state index contributed by atoms with van der Waals surface area (Å²) in [5.41, 5.74) is 2.89. The van der Waals surface area contributed by atoms with E-state index in [1.807, 2.05) is 19.9 Å². The number of benzene rings is 2. The van der Waals surface area contributed by atoms with Crippen LogP contribution in [-0.4, -0.2) is 18.4 Å². The zero-order valence-electron chi connectivity index (χ0n) is 13.2. The molecule has 0 saturated heterocycles. The summed E-state index contributed by atoms with van der Waals surface area (Å²) in [6.07, 6.45) is 0. The van der Waals surface area contributed by atoms with Gasteiger partial charge in [-0.25, -0.2) is 4.39 Å². The molecule has 0 fully saturated rings. The third-order valence-corrected chi connectivity index (χ3v) is 3.33. The fourth-order valence-corrected chi connectivity index (χ4v) is 2.27. The quantitative estimate of drug-likeness (QED) is 0.891. The van der Waals surface area contributed by atoms with Gasteiger partial charge in [-0.3, -0.25) is 9.59 Å². The number of rotatable bonds is 5. The Balaban J connectivity index is 1.84. The molecule has 0 aliphatic heterocycles. The average molecular weight is 314 g/mol. The summed E-state index contributed by atoms with van der Waals surface area (Å²) >= 11 is 0. The Morgan fingerprint density at radius 3 is 2.30 bits per heavy atom. The largest absolute Gasteiger partial charge is 0.350 e. The van der Waals surface area contributed by atoms with E-state index in [2.05, 4.69) is 10.6 Å². The van der Waals surface area contributed by atoms with E-state index in [-0.39, 0.29) is 30.7 Å². The molecular formula is C18H19FN2O2. The lowest BCUT2D eigenvalue weighted by Crippen LogP contribution is -2.36. The van der Waals surface area contributed by atoms with Gasteiger partial charge in [0, 0.05) is 17.7 Å². The molecule has 0 unspecified atom stereocenters. The Hall–Kier alpha value is -2.69. The molecule has 0 heterocycles. The average Bonchev–Trinajstić information content (AvgIpc) is 2.51. The summed E-state index contributed by atoms with van der Waals surface area (Å²) in [5.74, 6) is -1.05. The molecule has 2 aromatic carbocycles. The highest BCUT2D eigenvalue weighted by atomic mass is 19.1. The fourth-order valence-electron chi connectivity index (χ4n) is 2.27. The minimum Gasteiger partial charge on any atom is -0.350 e. The van der Waals surface area contributed by atoms with Crippen molar-refractivity contribution in [1.29, 1.82) is 0 Å². The van der Waals surface area contributed by atoms with Crippen molar-refractivity contribution in [2.45, 2.75) is 20.4 Å². The van der Waals surface area contributed by atoms with Crippen LogP contribution in [0.25, 0.3) is 0 Å². The van der Waals surface area contributed by atoms with Crippen molar-refractivity contribution in [1.82, 2.24) is 10.6 Å². The molecule has 2 N–H and O–H groups in total. The molecule has 0 radical (unpaired) electrons. The van der Waals surface area contributed by atoms with Crippen molar-refractivity contribution < 1.29 is 14.0 Å². The van der Waals surface area contributed by atoms with E-state index >= 15 is 0 Å². The maximum atomic E-state index is 13.4. The maximum absolute atomic E-state index is 13.4. The minimum absolute atomic E-state index is 0.0882. The number of hydrogen-bond acceptors (Lipinski definition) is 2. The molecule has 0 aromatic heterocycles. The van der Waals surface area contributed by atoms with Crippen LogP contribution in [0.5, 0.6) is 0 Å². The first-order valence-electron chi connectivity index (χ1n) is 7.32. The highest BCUT2D eigenvalue weighted by Gasteiger charge is 2.09. The molecular weight excluding hydrogens is 295 g/mol. The number of amides is 2. The van der Waals surface area contributed by atoms with Crippen LogP contribution in [0.3, 0.4) is 0 Å². The van der Waals surface area contributed by atoms with Crippen LogP contribution in [0, 0.1) is 19.7 Å². The first-order chi connectivity index (χ1) is 11.0. The molecule has 120 valence electrons. The van der Waals surface area contributed by atoms with E-state index in [1.165, 1.54) is 6.07 Å². The molecule has 4 nitrogen and oxygen atoms in total. The summed E-state index contributed by atoms with van der Waals surface area (Å²) in [6, 6.07) is 11.7. The molecule has 2 rings (SSSR count). The molecule has 0 aliphatic carbocycles. The molecule has 0 bridgehead atoms. The van der Waals surface area contributed by atoms with Crippen LogP contribution in [0.15, 0.2) is 42.5 Å². The molecule has 0 atom stereocenters. The van der Waals surface area contributed by atoms with E-state index in [1.54, 1.807) is 30.3 Å². The molecule has 23 heavy (non-hydrogen) atoms. The highest BCUT2D eigenvalue weighted by Crippen LogP contribution is 2.08. The third kappa shape index (κ3) is 4.92. The maximum Gasteiger partial charge on any atom is 0.251 e. The van der Waals surface area contributed by atoms with Crippen LogP contribution in [0.1, 0.15) is 27.0 Å². The van der Waals surface area contributed by atoms with Crippen LogP contribution in [0.4, 0.5) is 4.39 Å². The lowest BCUT2D eigenvalue weighted by molar-refractivity contribution is -0.120. The summed E-state index contributed by atoms with van der Waals surface area (Å²) in [5, 5.41) is 5.14. The predicted molar refractivity (Wildman–Crippen MR) is 86.5 cm³/mol. The molecule has 2 aromatic rings. The Morgan fingerprint density at radius 2 is 1.65 bits per heavy atom.